The van der Waals surface area contributed by atoms with Gasteiger partial charge in [-0.1, -0.05) is 12.1 Å². The Bertz CT molecular complexity index is 862. The summed E-state index contributed by atoms with van der Waals surface area (Å²) in [5, 5.41) is 0. The monoisotopic (exact) mass is 380 g/mol. The number of para-hydroxylation sites is 2. The molecule has 1 aromatic carbocycles. The van der Waals surface area contributed by atoms with Gasteiger partial charge < -0.3 is 19.0 Å². The van der Waals surface area contributed by atoms with Crippen molar-refractivity contribution in [1.82, 2.24) is 9.88 Å². The number of likely N-dealkylation sites (tertiary alicyclic amines) is 1. The predicted molar refractivity (Wildman–Crippen MR) is 111 cm³/mol. The van der Waals surface area contributed by atoms with Crippen LogP contribution >= 0.6 is 0 Å². The Kier molecular flexibility index (Phi) is 5.04. The molecule has 4 heterocycles. The maximum absolute atomic E-state index is 5.99. The highest BCUT2D eigenvalue weighted by Crippen LogP contribution is 2.31. The molecule has 1 fully saturated rings. The summed E-state index contributed by atoms with van der Waals surface area (Å²) in [6.07, 6.45) is 6.65. The van der Waals surface area contributed by atoms with Gasteiger partial charge >= 0.3 is 0 Å². The zero-order chi connectivity index (χ0) is 18.8. The third-order valence-corrected chi connectivity index (χ3v) is 5.95. The Balaban J connectivity index is 1.17. The number of benzene rings is 1. The second kappa shape index (κ2) is 7.95. The van der Waals surface area contributed by atoms with Crippen LogP contribution in [-0.4, -0.2) is 55.1 Å². The zero-order valence-electron chi connectivity index (χ0n) is 16.4. The van der Waals surface area contributed by atoms with Crippen LogP contribution in [0.1, 0.15) is 38.5 Å². The number of aliphatic imine (C=N–C) groups is 1. The van der Waals surface area contributed by atoms with Crippen molar-refractivity contribution in [2.45, 2.75) is 38.5 Å². The van der Waals surface area contributed by atoms with Crippen LogP contribution < -0.4 is 4.90 Å². The minimum Gasteiger partial charge on any atom is -0.481 e. The van der Waals surface area contributed by atoms with Crippen LogP contribution in [0.3, 0.4) is 0 Å². The molecule has 6 nitrogen and oxygen atoms in total. The van der Waals surface area contributed by atoms with Crippen molar-refractivity contribution in [1.29, 1.82) is 0 Å². The highest BCUT2D eigenvalue weighted by molar-refractivity contribution is 5.79. The minimum absolute atomic E-state index is 0.723. The van der Waals surface area contributed by atoms with Gasteiger partial charge in [-0.2, -0.15) is 4.98 Å². The molecule has 0 unspecified atom stereocenters. The van der Waals surface area contributed by atoms with Crippen molar-refractivity contribution >= 4 is 23.0 Å². The molecule has 1 aromatic heterocycles. The molecular formula is C22H28N4O2. The van der Waals surface area contributed by atoms with E-state index < -0.39 is 0 Å². The van der Waals surface area contributed by atoms with Gasteiger partial charge in [0, 0.05) is 38.2 Å². The molecule has 28 heavy (non-hydrogen) atoms. The third kappa shape index (κ3) is 3.78. The molecule has 0 N–H and O–H groups in total. The first-order valence-electron chi connectivity index (χ1n) is 10.6. The van der Waals surface area contributed by atoms with E-state index in [-0.39, 0.29) is 0 Å². The molecule has 0 radical (unpaired) electrons. The molecule has 148 valence electrons. The molecule has 2 aromatic rings. The van der Waals surface area contributed by atoms with Gasteiger partial charge in [0.1, 0.15) is 5.52 Å². The van der Waals surface area contributed by atoms with Gasteiger partial charge in [-0.25, -0.2) is 4.99 Å². The van der Waals surface area contributed by atoms with E-state index in [9.17, 15) is 0 Å². The topological polar surface area (TPSA) is 54.1 Å². The Labute approximate surface area is 165 Å². The lowest BCUT2D eigenvalue weighted by Gasteiger charge is -2.30. The predicted octanol–water partition coefficient (Wildman–Crippen LogP) is 3.99. The largest absolute Gasteiger partial charge is 0.481 e. The van der Waals surface area contributed by atoms with Crippen molar-refractivity contribution in [2.24, 2.45) is 4.99 Å². The first kappa shape index (κ1) is 17.7. The molecular weight excluding hydrogens is 352 g/mol. The number of aromatic nitrogens is 1. The fourth-order valence-electron chi connectivity index (χ4n) is 4.39. The molecule has 3 aliphatic rings. The fraction of sp³-hybridized carbons (Fsp3) is 0.545. The summed E-state index contributed by atoms with van der Waals surface area (Å²) in [5.74, 6) is 0.926. The quantitative estimate of drug-likeness (QED) is 0.734. The summed E-state index contributed by atoms with van der Waals surface area (Å²) in [6, 6.07) is 8.67. The van der Waals surface area contributed by atoms with Crippen molar-refractivity contribution in [2.75, 3.05) is 44.2 Å². The summed E-state index contributed by atoms with van der Waals surface area (Å²) in [7, 11) is 0. The number of fused-ring (bicyclic) bond motifs is 1. The van der Waals surface area contributed by atoms with Gasteiger partial charge in [-0.15, -0.1) is 0 Å². The molecule has 0 amide bonds. The van der Waals surface area contributed by atoms with Gasteiger partial charge in [0.25, 0.3) is 6.01 Å². The number of ether oxygens (including phenoxy) is 1. The molecule has 3 aliphatic heterocycles. The van der Waals surface area contributed by atoms with E-state index >= 15 is 0 Å². The lowest BCUT2D eigenvalue weighted by atomic mass is 9.99. The summed E-state index contributed by atoms with van der Waals surface area (Å²) in [5.41, 5.74) is 4.39. The minimum atomic E-state index is 0.723. The number of hydrogen-bond acceptors (Lipinski definition) is 6. The van der Waals surface area contributed by atoms with Crippen molar-refractivity contribution < 1.29 is 9.15 Å². The Hall–Kier alpha value is -2.34. The van der Waals surface area contributed by atoms with E-state index in [1.165, 1.54) is 37.2 Å². The normalized spacial score (nSPS) is 20.6. The van der Waals surface area contributed by atoms with Crippen LogP contribution in [-0.2, 0) is 4.74 Å². The summed E-state index contributed by atoms with van der Waals surface area (Å²) in [4.78, 5) is 14.2. The smallest absolute Gasteiger partial charge is 0.298 e. The first-order chi connectivity index (χ1) is 13.8. The van der Waals surface area contributed by atoms with E-state index in [0.29, 0.717) is 0 Å². The zero-order valence-corrected chi connectivity index (χ0v) is 16.4. The number of hydrogen-bond donors (Lipinski definition) is 0. The Morgan fingerprint density at radius 1 is 1.04 bits per heavy atom. The lowest BCUT2D eigenvalue weighted by molar-refractivity contribution is 0.249. The maximum atomic E-state index is 5.99. The van der Waals surface area contributed by atoms with Crippen LogP contribution in [0, 0.1) is 0 Å². The molecule has 0 bridgehead atoms. The van der Waals surface area contributed by atoms with E-state index in [2.05, 4.69) is 14.8 Å². The van der Waals surface area contributed by atoms with Crippen molar-refractivity contribution in [3.05, 3.63) is 35.5 Å². The number of rotatable bonds is 5. The molecule has 5 rings (SSSR count). The second-order valence-electron chi connectivity index (χ2n) is 7.94. The summed E-state index contributed by atoms with van der Waals surface area (Å²) in [6.45, 7) is 6.19. The summed E-state index contributed by atoms with van der Waals surface area (Å²) < 4.78 is 11.9. The average molecular weight is 380 g/mol. The third-order valence-electron chi connectivity index (χ3n) is 5.95. The van der Waals surface area contributed by atoms with E-state index in [1.807, 2.05) is 24.3 Å². The van der Waals surface area contributed by atoms with E-state index in [4.69, 9.17) is 14.1 Å². The Morgan fingerprint density at radius 3 is 2.82 bits per heavy atom. The van der Waals surface area contributed by atoms with Crippen LogP contribution in [0.2, 0.25) is 0 Å². The van der Waals surface area contributed by atoms with E-state index in [1.54, 1.807) is 0 Å². The van der Waals surface area contributed by atoms with Gasteiger partial charge in [-0.05, 0) is 56.5 Å². The SMILES string of the molecule is c1ccc2oc(N3CCC4=C(CCC(OCCCN5CCCC5)=N4)C3)nc2c1. The van der Waals surface area contributed by atoms with E-state index in [0.717, 1.165) is 74.9 Å². The van der Waals surface area contributed by atoms with Crippen LogP contribution in [0.4, 0.5) is 6.01 Å². The first-order valence-corrected chi connectivity index (χ1v) is 10.6. The fourth-order valence-corrected chi connectivity index (χ4v) is 4.39. The van der Waals surface area contributed by atoms with Gasteiger partial charge in [0.15, 0.2) is 11.5 Å². The van der Waals surface area contributed by atoms with Crippen molar-refractivity contribution in [3.63, 3.8) is 0 Å². The number of anilines is 1. The maximum Gasteiger partial charge on any atom is 0.298 e. The summed E-state index contributed by atoms with van der Waals surface area (Å²) >= 11 is 0. The lowest BCUT2D eigenvalue weighted by Crippen LogP contribution is -2.33. The molecule has 1 saturated heterocycles. The molecule has 0 atom stereocenters. The Morgan fingerprint density at radius 2 is 1.93 bits per heavy atom. The van der Waals surface area contributed by atoms with Crippen LogP contribution in [0.5, 0.6) is 0 Å². The molecule has 0 spiro atoms. The number of nitrogens with zero attached hydrogens (tertiary/aromatic N) is 4. The standard InChI is InChI=1S/C22H28N4O2/c1-2-7-20-19(6-1)24-22(28-20)26-14-10-18-17(16-26)8-9-21(23-18)27-15-5-13-25-11-3-4-12-25/h1-2,6-7H,3-5,8-16H2. The second-order valence-corrected chi connectivity index (χ2v) is 7.94. The van der Waals surface area contributed by atoms with Crippen molar-refractivity contribution in [3.8, 4) is 0 Å². The van der Waals surface area contributed by atoms with Gasteiger partial charge in [-0.3, -0.25) is 0 Å². The van der Waals surface area contributed by atoms with Crippen LogP contribution in [0.25, 0.3) is 11.1 Å². The molecule has 0 aliphatic carbocycles. The molecule has 0 saturated carbocycles. The number of oxazole rings is 1. The average Bonchev–Trinajstić information content (AvgIpc) is 3.40. The van der Waals surface area contributed by atoms with Crippen LogP contribution in [0.15, 0.2) is 44.9 Å². The van der Waals surface area contributed by atoms with Gasteiger partial charge in [0.05, 0.1) is 6.61 Å². The highest BCUT2D eigenvalue weighted by atomic mass is 16.5. The van der Waals surface area contributed by atoms with Gasteiger partial charge in [0.2, 0.25) is 0 Å². The molecule has 6 heteroatoms. The highest BCUT2D eigenvalue weighted by Gasteiger charge is 2.25.